The van der Waals surface area contributed by atoms with Crippen molar-refractivity contribution in [3.05, 3.63) is 46.8 Å². The molecule has 0 radical (unpaired) electrons. The second-order valence-corrected chi connectivity index (χ2v) is 5.90. The van der Waals surface area contributed by atoms with E-state index in [9.17, 15) is 14.3 Å². The van der Waals surface area contributed by atoms with E-state index < -0.39 is 12.9 Å². The number of carbonyl (C=O) groups excluding carboxylic acids is 1. The first-order valence-corrected chi connectivity index (χ1v) is 6.61. The van der Waals surface area contributed by atoms with Gasteiger partial charge in [0.25, 0.3) is 12.9 Å². The molecule has 3 nitrogen and oxygen atoms in total. The molecule has 16 heavy (non-hydrogen) atoms. The highest BCUT2D eigenvalue weighted by molar-refractivity contribution is 7.78. The fraction of sp³-hybridized carbons (Fsp3) is 0.250. The number of carbonyl (C=O) groups is 1. The maximum Gasteiger partial charge on any atom is 0.290 e. The maximum absolute atomic E-state index is 11.9. The van der Waals surface area contributed by atoms with Gasteiger partial charge in [-0.2, -0.15) is 0 Å². The summed E-state index contributed by atoms with van der Waals surface area (Å²) in [6.07, 6.45) is 0. The number of hydrogen-bond acceptors (Lipinski definition) is 2. The van der Waals surface area contributed by atoms with Crippen LogP contribution in [0.25, 0.3) is 0 Å². The van der Waals surface area contributed by atoms with Gasteiger partial charge >= 0.3 is 0 Å². The summed E-state index contributed by atoms with van der Waals surface area (Å²) in [7, 11) is -3.93. The van der Waals surface area contributed by atoms with Gasteiger partial charge in [0.1, 0.15) is 0 Å². The summed E-state index contributed by atoms with van der Waals surface area (Å²) in [5.41, 5.74) is 2.06. The Morgan fingerprint density at radius 2 is 1.75 bits per heavy atom. The molecule has 0 heterocycles. The summed E-state index contributed by atoms with van der Waals surface area (Å²) in [6.45, 7) is 8.66. The van der Waals surface area contributed by atoms with Gasteiger partial charge in [-0.15, -0.1) is 0 Å². The van der Waals surface area contributed by atoms with E-state index in [0.29, 0.717) is 5.56 Å². The smallest absolute Gasteiger partial charge is 0.290 e. The molecule has 0 aliphatic carbocycles. The Bertz CT molecular complexity index is 480. The van der Waals surface area contributed by atoms with Crippen molar-refractivity contribution in [1.29, 1.82) is 0 Å². The lowest BCUT2D eigenvalue weighted by molar-refractivity contribution is 0.106. The zero-order valence-electron chi connectivity index (χ0n) is 9.65. The third-order valence-electron chi connectivity index (χ3n) is 2.43. The molecule has 0 amide bonds. The second-order valence-electron chi connectivity index (χ2n) is 3.88. The second kappa shape index (κ2) is 4.36. The summed E-state index contributed by atoms with van der Waals surface area (Å²) < 4.78 is 11.6. The molecule has 0 spiro atoms. The van der Waals surface area contributed by atoms with Gasteiger partial charge in [0.2, 0.25) is 0 Å². The summed E-state index contributed by atoms with van der Waals surface area (Å²) >= 11 is 0. The lowest BCUT2D eigenvalue weighted by Gasteiger charge is -2.12. The fourth-order valence-corrected chi connectivity index (χ4v) is 2.60. The predicted octanol–water partition coefficient (Wildman–Crippen LogP) is 3.17. The van der Waals surface area contributed by atoms with Crippen molar-refractivity contribution in [2.75, 3.05) is 0 Å². The SMILES string of the molecule is C=CP(=O)(O)C(=O)c1c(C)cc(C)cc1C. The molecule has 0 aliphatic rings. The molecule has 1 aromatic rings. The maximum atomic E-state index is 11.9. The van der Waals surface area contributed by atoms with Crippen LogP contribution in [0.4, 0.5) is 0 Å². The van der Waals surface area contributed by atoms with Gasteiger partial charge < -0.3 is 4.89 Å². The minimum atomic E-state index is -3.93. The van der Waals surface area contributed by atoms with E-state index in [4.69, 9.17) is 0 Å². The Balaban J connectivity index is 3.41. The van der Waals surface area contributed by atoms with E-state index in [2.05, 4.69) is 6.58 Å². The predicted molar refractivity (Wildman–Crippen MR) is 65.0 cm³/mol. The zero-order valence-corrected chi connectivity index (χ0v) is 10.5. The van der Waals surface area contributed by atoms with Crippen molar-refractivity contribution in [2.24, 2.45) is 0 Å². The van der Waals surface area contributed by atoms with E-state index in [1.165, 1.54) is 0 Å². The third kappa shape index (κ3) is 2.31. The van der Waals surface area contributed by atoms with Gasteiger partial charge in [0.05, 0.1) is 0 Å². The van der Waals surface area contributed by atoms with Crippen LogP contribution < -0.4 is 0 Å². The molecule has 1 atom stereocenters. The lowest BCUT2D eigenvalue weighted by atomic mass is 10.0. The lowest BCUT2D eigenvalue weighted by Crippen LogP contribution is -2.04. The summed E-state index contributed by atoms with van der Waals surface area (Å²) in [5, 5.41) is 0. The standard InChI is InChI=1S/C12H15O3P/c1-5-16(14,15)12(13)11-9(3)6-8(2)7-10(11)4/h5-7H,1H2,2-4H3,(H,14,15). The molecule has 86 valence electrons. The molecule has 0 saturated carbocycles. The van der Waals surface area contributed by atoms with Crippen molar-refractivity contribution in [3.63, 3.8) is 0 Å². The molecule has 1 rings (SSSR count). The van der Waals surface area contributed by atoms with Gasteiger partial charge in [-0.05, 0) is 31.9 Å². The number of rotatable bonds is 3. The molecular formula is C12H15O3P. The van der Waals surface area contributed by atoms with Crippen molar-refractivity contribution in [2.45, 2.75) is 20.8 Å². The Labute approximate surface area is 95.3 Å². The quantitative estimate of drug-likeness (QED) is 0.823. The first-order valence-electron chi connectivity index (χ1n) is 4.88. The van der Waals surface area contributed by atoms with Crippen LogP contribution in [-0.4, -0.2) is 10.4 Å². The van der Waals surface area contributed by atoms with Crippen molar-refractivity contribution in [1.82, 2.24) is 0 Å². The average molecular weight is 238 g/mol. The molecule has 0 fully saturated rings. The molecule has 1 N–H and O–H groups in total. The molecular weight excluding hydrogens is 223 g/mol. The fourth-order valence-electron chi connectivity index (χ4n) is 1.76. The zero-order chi connectivity index (χ0) is 12.5. The van der Waals surface area contributed by atoms with Crippen LogP contribution in [0.3, 0.4) is 0 Å². The van der Waals surface area contributed by atoms with Crippen molar-refractivity contribution < 1.29 is 14.3 Å². The minimum absolute atomic E-state index is 0.330. The Morgan fingerprint density at radius 3 is 2.12 bits per heavy atom. The summed E-state index contributed by atoms with van der Waals surface area (Å²) in [6, 6.07) is 3.65. The molecule has 4 heteroatoms. The highest BCUT2D eigenvalue weighted by Gasteiger charge is 2.28. The van der Waals surface area contributed by atoms with E-state index in [0.717, 1.165) is 22.5 Å². The first kappa shape index (κ1) is 12.9. The van der Waals surface area contributed by atoms with Crippen LogP contribution in [0.15, 0.2) is 24.5 Å². The normalized spacial score (nSPS) is 14.2. The van der Waals surface area contributed by atoms with Crippen LogP contribution in [0, 0.1) is 20.8 Å². The van der Waals surface area contributed by atoms with Crippen LogP contribution in [0.2, 0.25) is 0 Å². The minimum Gasteiger partial charge on any atom is -0.336 e. The number of hydrogen-bond donors (Lipinski definition) is 1. The Morgan fingerprint density at radius 1 is 1.31 bits per heavy atom. The van der Waals surface area contributed by atoms with Crippen LogP contribution >= 0.6 is 7.37 Å². The first-order chi connectivity index (χ1) is 7.29. The molecule has 0 aliphatic heterocycles. The monoisotopic (exact) mass is 238 g/mol. The van der Waals surface area contributed by atoms with E-state index in [-0.39, 0.29) is 0 Å². The van der Waals surface area contributed by atoms with Gasteiger partial charge in [0.15, 0.2) is 0 Å². The molecule has 0 saturated heterocycles. The number of benzene rings is 1. The Hall–Kier alpha value is -1.18. The van der Waals surface area contributed by atoms with Crippen molar-refractivity contribution in [3.8, 4) is 0 Å². The van der Waals surface area contributed by atoms with E-state index >= 15 is 0 Å². The van der Waals surface area contributed by atoms with Gasteiger partial charge in [-0.1, -0.05) is 24.3 Å². The third-order valence-corrected chi connectivity index (χ3v) is 3.73. The molecule has 0 bridgehead atoms. The van der Waals surface area contributed by atoms with Crippen LogP contribution in [0.5, 0.6) is 0 Å². The van der Waals surface area contributed by atoms with Gasteiger partial charge in [-0.25, -0.2) is 0 Å². The topological polar surface area (TPSA) is 54.4 Å². The van der Waals surface area contributed by atoms with E-state index in [1.54, 1.807) is 13.8 Å². The summed E-state index contributed by atoms with van der Waals surface area (Å²) in [5.74, 6) is 0.827. The highest BCUT2D eigenvalue weighted by atomic mass is 31.2. The number of aryl methyl sites for hydroxylation is 3. The average Bonchev–Trinajstić information content (AvgIpc) is 2.15. The molecule has 1 aromatic carbocycles. The summed E-state index contributed by atoms with van der Waals surface area (Å²) in [4.78, 5) is 21.3. The van der Waals surface area contributed by atoms with Gasteiger partial charge in [-0.3, -0.25) is 9.36 Å². The van der Waals surface area contributed by atoms with Crippen LogP contribution in [-0.2, 0) is 4.57 Å². The highest BCUT2D eigenvalue weighted by Crippen LogP contribution is 2.46. The van der Waals surface area contributed by atoms with Crippen LogP contribution in [0.1, 0.15) is 27.0 Å². The molecule has 0 aromatic heterocycles. The molecule has 1 unspecified atom stereocenters. The van der Waals surface area contributed by atoms with Gasteiger partial charge in [0, 0.05) is 11.4 Å². The Kier molecular flexibility index (Phi) is 3.51. The van der Waals surface area contributed by atoms with E-state index in [1.807, 2.05) is 19.1 Å². The van der Waals surface area contributed by atoms with Crippen molar-refractivity contribution >= 4 is 12.9 Å². The largest absolute Gasteiger partial charge is 0.336 e.